The van der Waals surface area contributed by atoms with Gasteiger partial charge in [-0.3, -0.25) is 4.79 Å². The molecule has 2 aromatic rings. The van der Waals surface area contributed by atoms with E-state index in [2.05, 4.69) is 9.97 Å². The SMILES string of the molecule is CCc1nc2c(C(N)=O)c(C)c(C)c(C)c2[nH]1. The highest BCUT2D eigenvalue weighted by Crippen LogP contribution is 2.27. The maximum Gasteiger partial charge on any atom is 0.251 e. The third kappa shape index (κ3) is 1.60. The van der Waals surface area contributed by atoms with E-state index in [4.69, 9.17) is 5.73 Å². The van der Waals surface area contributed by atoms with E-state index in [1.807, 2.05) is 27.7 Å². The molecule has 0 unspecified atom stereocenters. The lowest BCUT2D eigenvalue weighted by molar-refractivity contribution is 0.100. The molecular weight excluding hydrogens is 214 g/mol. The Balaban J connectivity index is 2.96. The third-order valence-corrected chi connectivity index (χ3v) is 3.45. The minimum absolute atomic E-state index is 0.412. The molecule has 0 fully saturated rings. The van der Waals surface area contributed by atoms with E-state index >= 15 is 0 Å². The van der Waals surface area contributed by atoms with Gasteiger partial charge in [0.2, 0.25) is 0 Å². The Hall–Kier alpha value is -1.84. The van der Waals surface area contributed by atoms with Crippen LogP contribution >= 0.6 is 0 Å². The average Bonchev–Trinajstić information content (AvgIpc) is 2.69. The first-order valence-corrected chi connectivity index (χ1v) is 5.75. The van der Waals surface area contributed by atoms with Crippen LogP contribution in [0.15, 0.2) is 0 Å². The molecule has 0 aliphatic heterocycles. The number of nitrogens with one attached hydrogen (secondary N) is 1. The van der Waals surface area contributed by atoms with Crippen LogP contribution in [0.4, 0.5) is 0 Å². The average molecular weight is 231 g/mol. The number of primary amides is 1. The van der Waals surface area contributed by atoms with E-state index in [1.165, 1.54) is 0 Å². The summed E-state index contributed by atoms with van der Waals surface area (Å²) in [5.74, 6) is 0.473. The number of carbonyl (C=O) groups is 1. The number of hydrogen-bond acceptors (Lipinski definition) is 2. The van der Waals surface area contributed by atoms with Crippen molar-refractivity contribution in [2.24, 2.45) is 5.73 Å². The first-order valence-electron chi connectivity index (χ1n) is 5.75. The van der Waals surface area contributed by atoms with Crippen molar-refractivity contribution in [1.29, 1.82) is 0 Å². The number of fused-ring (bicyclic) bond motifs is 1. The van der Waals surface area contributed by atoms with Crippen molar-refractivity contribution in [2.45, 2.75) is 34.1 Å². The summed E-state index contributed by atoms with van der Waals surface area (Å²) >= 11 is 0. The largest absolute Gasteiger partial charge is 0.366 e. The second kappa shape index (κ2) is 3.87. The predicted molar refractivity (Wildman–Crippen MR) is 68.2 cm³/mol. The fourth-order valence-electron chi connectivity index (χ4n) is 2.18. The Morgan fingerprint density at radius 3 is 2.41 bits per heavy atom. The fourth-order valence-corrected chi connectivity index (χ4v) is 2.18. The summed E-state index contributed by atoms with van der Waals surface area (Å²) in [6.45, 7) is 7.98. The van der Waals surface area contributed by atoms with Gasteiger partial charge in [0.05, 0.1) is 11.1 Å². The minimum Gasteiger partial charge on any atom is -0.366 e. The van der Waals surface area contributed by atoms with Gasteiger partial charge in [-0.1, -0.05) is 6.92 Å². The fraction of sp³-hybridized carbons (Fsp3) is 0.385. The van der Waals surface area contributed by atoms with Crippen molar-refractivity contribution >= 4 is 16.9 Å². The van der Waals surface area contributed by atoms with Crippen LogP contribution in [-0.4, -0.2) is 15.9 Å². The minimum atomic E-state index is -0.412. The number of benzene rings is 1. The summed E-state index contributed by atoms with van der Waals surface area (Å²) in [6, 6.07) is 0. The molecule has 0 aliphatic rings. The van der Waals surface area contributed by atoms with Crippen LogP contribution in [0, 0.1) is 20.8 Å². The van der Waals surface area contributed by atoms with Gasteiger partial charge in [0.1, 0.15) is 11.3 Å². The molecule has 0 radical (unpaired) electrons. The molecular formula is C13H17N3O. The Labute approximate surface area is 100 Å². The van der Waals surface area contributed by atoms with Crippen LogP contribution in [0.25, 0.3) is 11.0 Å². The molecule has 1 amide bonds. The van der Waals surface area contributed by atoms with Gasteiger partial charge in [-0.05, 0) is 37.5 Å². The highest BCUT2D eigenvalue weighted by atomic mass is 16.1. The number of aromatic amines is 1. The van der Waals surface area contributed by atoms with Gasteiger partial charge >= 0.3 is 0 Å². The maximum absolute atomic E-state index is 11.6. The third-order valence-electron chi connectivity index (χ3n) is 3.45. The molecule has 4 heteroatoms. The van der Waals surface area contributed by atoms with Crippen molar-refractivity contribution in [3.05, 3.63) is 28.1 Å². The number of imidazole rings is 1. The molecule has 4 nitrogen and oxygen atoms in total. The summed E-state index contributed by atoms with van der Waals surface area (Å²) < 4.78 is 0. The number of carbonyl (C=O) groups excluding carboxylic acids is 1. The van der Waals surface area contributed by atoms with Crippen molar-refractivity contribution < 1.29 is 4.79 Å². The Bertz CT molecular complexity index is 611. The van der Waals surface area contributed by atoms with Crippen LogP contribution in [-0.2, 0) is 6.42 Å². The van der Waals surface area contributed by atoms with E-state index < -0.39 is 5.91 Å². The molecule has 3 N–H and O–H groups in total. The topological polar surface area (TPSA) is 71.8 Å². The Morgan fingerprint density at radius 1 is 1.24 bits per heavy atom. The molecule has 17 heavy (non-hydrogen) atoms. The number of hydrogen-bond donors (Lipinski definition) is 2. The van der Waals surface area contributed by atoms with Crippen molar-refractivity contribution in [3.63, 3.8) is 0 Å². The smallest absolute Gasteiger partial charge is 0.251 e. The zero-order chi connectivity index (χ0) is 12.7. The normalized spacial score (nSPS) is 11.1. The van der Waals surface area contributed by atoms with Crippen LogP contribution in [0.1, 0.15) is 39.8 Å². The maximum atomic E-state index is 11.6. The van der Waals surface area contributed by atoms with Gasteiger partial charge < -0.3 is 10.7 Å². The quantitative estimate of drug-likeness (QED) is 0.831. The highest BCUT2D eigenvalue weighted by molar-refractivity contribution is 6.06. The van der Waals surface area contributed by atoms with Crippen LogP contribution in [0.5, 0.6) is 0 Å². The molecule has 0 atom stereocenters. The lowest BCUT2D eigenvalue weighted by Crippen LogP contribution is -2.14. The van der Waals surface area contributed by atoms with Gasteiger partial charge in [0.15, 0.2) is 0 Å². The molecule has 2 rings (SSSR count). The van der Waals surface area contributed by atoms with Gasteiger partial charge in [0.25, 0.3) is 5.91 Å². The van der Waals surface area contributed by atoms with Gasteiger partial charge in [-0.25, -0.2) is 4.98 Å². The number of H-pyrrole nitrogens is 1. The van der Waals surface area contributed by atoms with E-state index in [0.29, 0.717) is 11.1 Å². The zero-order valence-corrected chi connectivity index (χ0v) is 10.6. The zero-order valence-electron chi connectivity index (χ0n) is 10.6. The molecule has 1 heterocycles. The number of nitrogens with zero attached hydrogens (tertiary/aromatic N) is 1. The molecule has 0 bridgehead atoms. The van der Waals surface area contributed by atoms with Crippen molar-refractivity contribution in [3.8, 4) is 0 Å². The van der Waals surface area contributed by atoms with E-state index in [1.54, 1.807) is 0 Å². The van der Waals surface area contributed by atoms with Crippen LogP contribution in [0.2, 0.25) is 0 Å². The lowest BCUT2D eigenvalue weighted by Gasteiger charge is -2.10. The van der Waals surface area contributed by atoms with E-state index in [-0.39, 0.29) is 0 Å². The van der Waals surface area contributed by atoms with Crippen molar-refractivity contribution in [2.75, 3.05) is 0 Å². The number of aryl methyl sites for hydroxylation is 2. The monoisotopic (exact) mass is 231 g/mol. The van der Waals surface area contributed by atoms with E-state index in [0.717, 1.165) is 34.5 Å². The molecule has 1 aromatic heterocycles. The van der Waals surface area contributed by atoms with E-state index in [9.17, 15) is 4.79 Å². The van der Waals surface area contributed by atoms with Crippen LogP contribution in [0.3, 0.4) is 0 Å². The summed E-state index contributed by atoms with van der Waals surface area (Å²) in [5.41, 5.74) is 10.8. The van der Waals surface area contributed by atoms with Gasteiger partial charge in [-0.15, -0.1) is 0 Å². The molecule has 0 aliphatic carbocycles. The molecule has 90 valence electrons. The molecule has 0 spiro atoms. The summed E-state index contributed by atoms with van der Waals surface area (Å²) in [5, 5.41) is 0. The number of rotatable bonds is 2. The number of nitrogens with two attached hydrogens (primary N) is 1. The second-order valence-electron chi connectivity index (χ2n) is 4.37. The first kappa shape index (κ1) is 11.6. The second-order valence-corrected chi connectivity index (χ2v) is 4.37. The summed E-state index contributed by atoms with van der Waals surface area (Å²) in [4.78, 5) is 19.3. The lowest BCUT2D eigenvalue weighted by atomic mass is 9.96. The first-order chi connectivity index (χ1) is 7.97. The summed E-state index contributed by atoms with van der Waals surface area (Å²) in [7, 11) is 0. The molecule has 0 saturated carbocycles. The summed E-state index contributed by atoms with van der Waals surface area (Å²) in [6.07, 6.45) is 0.810. The predicted octanol–water partition coefficient (Wildman–Crippen LogP) is 2.15. The highest BCUT2D eigenvalue weighted by Gasteiger charge is 2.18. The Kier molecular flexibility index (Phi) is 2.65. The number of amides is 1. The van der Waals surface area contributed by atoms with Gasteiger partial charge in [0, 0.05) is 6.42 Å². The molecule has 0 saturated heterocycles. The van der Waals surface area contributed by atoms with Gasteiger partial charge in [-0.2, -0.15) is 0 Å². The molecule has 1 aromatic carbocycles. The standard InChI is InChI=1S/C13H17N3O/c1-5-9-15-11-8(4)6(2)7(3)10(13(14)17)12(11)16-9/h5H2,1-4H3,(H2,14,17)(H,15,16). The Morgan fingerprint density at radius 2 is 1.88 bits per heavy atom. The van der Waals surface area contributed by atoms with Crippen molar-refractivity contribution in [1.82, 2.24) is 9.97 Å². The number of aromatic nitrogens is 2. The van der Waals surface area contributed by atoms with Crippen LogP contribution < -0.4 is 5.73 Å².